The minimum atomic E-state index is -0.206. The number of likely N-dealkylation sites (tertiary alicyclic amines) is 1. The van der Waals surface area contributed by atoms with Gasteiger partial charge in [0.15, 0.2) is 0 Å². The van der Waals surface area contributed by atoms with Crippen molar-refractivity contribution in [3.05, 3.63) is 66.1 Å². The van der Waals surface area contributed by atoms with Crippen molar-refractivity contribution in [2.45, 2.75) is 25.5 Å². The van der Waals surface area contributed by atoms with E-state index in [0.717, 1.165) is 29.7 Å². The standard InChI is InChI=1S/C22H23N3O4/c1-27-18-11-9-17(10-12-18)21-23-22(29-24-21)19-8-5-13-25(19)20(26)15-28-14-16-6-3-2-4-7-16/h2-4,6-7,9-12,19H,5,8,13-15H2,1H3/t19-/m0/s1. The average Bonchev–Trinajstić information content (AvgIpc) is 3.44. The summed E-state index contributed by atoms with van der Waals surface area (Å²) >= 11 is 0. The summed E-state index contributed by atoms with van der Waals surface area (Å²) in [5.41, 5.74) is 1.88. The van der Waals surface area contributed by atoms with Gasteiger partial charge in [-0.3, -0.25) is 4.79 Å². The van der Waals surface area contributed by atoms with Gasteiger partial charge >= 0.3 is 0 Å². The topological polar surface area (TPSA) is 77.7 Å². The zero-order chi connectivity index (χ0) is 20.1. The number of carbonyl (C=O) groups is 1. The molecular formula is C22H23N3O4. The van der Waals surface area contributed by atoms with E-state index in [4.69, 9.17) is 14.0 Å². The summed E-state index contributed by atoms with van der Waals surface area (Å²) in [4.78, 5) is 19.0. The van der Waals surface area contributed by atoms with Crippen LogP contribution in [0.25, 0.3) is 11.4 Å². The molecule has 1 aliphatic heterocycles. The molecule has 1 aliphatic rings. The number of aromatic nitrogens is 2. The van der Waals surface area contributed by atoms with Gasteiger partial charge in [0, 0.05) is 12.1 Å². The third-order valence-electron chi connectivity index (χ3n) is 4.99. The quantitative estimate of drug-likeness (QED) is 0.610. The Kier molecular flexibility index (Phi) is 5.86. The van der Waals surface area contributed by atoms with Crippen molar-refractivity contribution in [2.75, 3.05) is 20.3 Å². The molecule has 0 aliphatic carbocycles. The van der Waals surface area contributed by atoms with Gasteiger partial charge in [-0.15, -0.1) is 0 Å². The van der Waals surface area contributed by atoms with Crippen LogP contribution in [0.4, 0.5) is 0 Å². The summed E-state index contributed by atoms with van der Waals surface area (Å²) < 4.78 is 16.3. The molecule has 1 amide bonds. The molecule has 1 aromatic heterocycles. The lowest BCUT2D eigenvalue weighted by Crippen LogP contribution is -2.33. The minimum Gasteiger partial charge on any atom is -0.497 e. The molecule has 1 atom stereocenters. The van der Waals surface area contributed by atoms with Gasteiger partial charge in [0.25, 0.3) is 0 Å². The Hall–Kier alpha value is -3.19. The number of carbonyl (C=O) groups excluding carboxylic acids is 1. The highest BCUT2D eigenvalue weighted by atomic mass is 16.5. The molecule has 0 unspecified atom stereocenters. The van der Waals surface area contributed by atoms with Gasteiger partial charge in [0.05, 0.1) is 13.7 Å². The van der Waals surface area contributed by atoms with Crippen LogP contribution in [0.15, 0.2) is 59.1 Å². The molecule has 3 aromatic rings. The fourth-order valence-corrected chi connectivity index (χ4v) is 3.46. The van der Waals surface area contributed by atoms with Crippen LogP contribution in [0.3, 0.4) is 0 Å². The molecule has 150 valence electrons. The van der Waals surface area contributed by atoms with Gasteiger partial charge in [-0.05, 0) is 42.7 Å². The fraction of sp³-hybridized carbons (Fsp3) is 0.318. The summed E-state index contributed by atoms with van der Waals surface area (Å²) in [6, 6.07) is 17.0. The van der Waals surface area contributed by atoms with Crippen LogP contribution in [0, 0.1) is 0 Å². The number of benzene rings is 2. The van der Waals surface area contributed by atoms with Crippen LogP contribution in [-0.4, -0.2) is 41.2 Å². The highest BCUT2D eigenvalue weighted by Gasteiger charge is 2.34. The van der Waals surface area contributed by atoms with E-state index in [-0.39, 0.29) is 18.6 Å². The lowest BCUT2D eigenvalue weighted by atomic mass is 10.2. The smallest absolute Gasteiger partial charge is 0.249 e. The second-order valence-electron chi connectivity index (χ2n) is 6.91. The molecule has 2 heterocycles. The van der Waals surface area contributed by atoms with Crippen molar-refractivity contribution in [2.24, 2.45) is 0 Å². The fourth-order valence-electron chi connectivity index (χ4n) is 3.46. The number of rotatable bonds is 7. The minimum absolute atomic E-state index is 0.0326. The van der Waals surface area contributed by atoms with Crippen molar-refractivity contribution >= 4 is 5.91 Å². The van der Waals surface area contributed by atoms with E-state index < -0.39 is 0 Å². The predicted molar refractivity (Wildman–Crippen MR) is 106 cm³/mol. The molecule has 2 aromatic carbocycles. The second kappa shape index (κ2) is 8.87. The van der Waals surface area contributed by atoms with E-state index >= 15 is 0 Å². The summed E-state index contributed by atoms with van der Waals surface area (Å²) in [6.45, 7) is 1.11. The Morgan fingerprint density at radius 2 is 1.97 bits per heavy atom. The summed E-state index contributed by atoms with van der Waals surface area (Å²) in [5.74, 6) is 1.67. The first-order valence-electron chi connectivity index (χ1n) is 9.64. The largest absolute Gasteiger partial charge is 0.497 e. The Morgan fingerprint density at radius 3 is 2.72 bits per heavy atom. The molecular weight excluding hydrogens is 370 g/mol. The van der Waals surface area contributed by atoms with Crippen molar-refractivity contribution in [1.82, 2.24) is 15.0 Å². The summed E-state index contributed by atoms with van der Waals surface area (Å²) in [5, 5.41) is 4.09. The molecule has 7 heteroatoms. The SMILES string of the molecule is COc1ccc(-c2noc([C@@H]3CCCN3C(=O)COCc3ccccc3)n2)cc1. The normalized spacial score (nSPS) is 16.2. The number of amides is 1. The zero-order valence-electron chi connectivity index (χ0n) is 16.3. The molecule has 0 N–H and O–H groups in total. The van der Waals surface area contributed by atoms with E-state index in [9.17, 15) is 4.79 Å². The Bertz CT molecular complexity index is 940. The van der Waals surface area contributed by atoms with Gasteiger partial charge in [-0.1, -0.05) is 35.5 Å². The molecule has 0 bridgehead atoms. The van der Waals surface area contributed by atoms with E-state index in [1.807, 2.05) is 54.6 Å². The van der Waals surface area contributed by atoms with E-state index in [1.165, 1.54) is 0 Å². The van der Waals surface area contributed by atoms with Crippen LogP contribution < -0.4 is 4.74 Å². The molecule has 7 nitrogen and oxygen atoms in total. The zero-order valence-corrected chi connectivity index (χ0v) is 16.3. The molecule has 0 spiro atoms. The average molecular weight is 393 g/mol. The first-order valence-corrected chi connectivity index (χ1v) is 9.64. The molecule has 0 radical (unpaired) electrons. The highest BCUT2D eigenvalue weighted by Crippen LogP contribution is 2.32. The summed E-state index contributed by atoms with van der Waals surface area (Å²) in [6.07, 6.45) is 1.70. The summed E-state index contributed by atoms with van der Waals surface area (Å²) in [7, 11) is 1.62. The lowest BCUT2D eigenvalue weighted by molar-refractivity contribution is -0.138. The predicted octanol–water partition coefficient (Wildman–Crippen LogP) is 3.63. The Balaban J connectivity index is 1.39. The van der Waals surface area contributed by atoms with Gasteiger partial charge in [0.1, 0.15) is 18.4 Å². The van der Waals surface area contributed by atoms with E-state index in [1.54, 1.807) is 12.0 Å². The first-order chi connectivity index (χ1) is 14.2. The van der Waals surface area contributed by atoms with Crippen molar-refractivity contribution < 1.29 is 18.8 Å². The van der Waals surface area contributed by atoms with E-state index in [2.05, 4.69) is 10.1 Å². The molecule has 4 rings (SSSR count). The van der Waals surface area contributed by atoms with Crippen LogP contribution in [0.1, 0.15) is 30.3 Å². The monoisotopic (exact) mass is 393 g/mol. The van der Waals surface area contributed by atoms with Crippen LogP contribution in [-0.2, 0) is 16.1 Å². The first kappa shape index (κ1) is 19.1. The van der Waals surface area contributed by atoms with Crippen LogP contribution >= 0.6 is 0 Å². The maximum absolute atomic E-state index is 12.7. The van der Waals surface area contributed by atoms with Gasteiger partial charge in [0.2, 0.25) is 17.6 Å². The number of hydrogen-bond acceptors (Lipinski definition) is 6. The van der Waals surface area contributed by atoms with Gasteiger partial charge in [-0.25, -0.2) is 0 Å². The number of hydrogen-bond donors (Lipinski definition) is 0. The van der Waals surface area contributed by atoms with Crippen molar-refractivity contribution in [1.29, 1.82) is 0 Å². The highest BCUT2D eigenvalue weighted by molar-refractivity contribution is 5.78. The Labute approximate surface area is 169 Å². The number of ether oxygens (including phenoxy) is 2. The third kappa shape index (κ3) is 4.46. The van der Waals surface area contributed by atoms with E-state index in [0.29, 0.717) is 24.9 Å². The lowest BCUT2D eigenvalue weighted by Gasteiger charge is -2.21. The van der Waals surface area contributed by atoms with Gasteiger partial charge in [-0.2, -0.15) is 4.98 Å². The molecule has 0 saturated carbocycles. The second-order valence-corrected chi connectivity index (χ2v) is 6.91. The molecule has 1 fully saturated rings. The Morgan fingerprint density at radius 1 is 1.17 bits per heavy atom. The maximum Gasteiger partial charge on any atom is 0.249 e. The third-order valence-corrected chi connectivity index (χ3v) is 4.99. The van der Waals surface area contributed by atoms with Crippen LogP contribution in [0.2, 0.25) is 0 Å². The number of methoxy groups -OCH3 is 1. The molecule has 29 heavy (non-hydrogen) atoms. The van der Waals surface area contributed by atoms with Gasteiger partial charge < -0.3 is 18.9 Å². The molecule has 1 saturated heterocycles. The van der Waals surface area contributed by atoms with Crippen molar-refractivity contribution in [3.8, 4) is 17.1 Å². The number of nitrogens with zero attached hydrogens (tertiary/aromatic N) is 3. The maximum atomic E-state index is 12.7. The van der Waals surface area contributed by atoms with Crippen LogP contribution in [0.5, 0.6) is 5.75 Å². The van der Waals surface area contributed by atoms with Crippen molar-refractivity contribution in [3.63, 3.8) is 0 Å².